The fraction of sp³-hybridized carbons (Fsp3) is 0.586. The summed E-state index contributed by atoms with van der Waals surface area (Å²) in [7, 11) is 0.399. The third kappa shape index (κ3) is 25.6. The molecule has 0 spiro atoms. The third-order valence-electron chi connectivity index (χ3n) is 12.5. The molecule has 21 nitrogen and oxygen atoms in total. The Kier molecular flexibility index (Phi) is 33.6. The number of carbonyl (C=O) groups excluding carboxylic acids is 2. The van der Waals surface area contributed by atoms with Crippen LogP contribution < -0.4 is 21.1 Å². The van der Waals surface area contributed by atoms with Crippen LogP contribution in [0.2, 0.25) is 0 Å². The number of nitrogens with two attached hydrogens (primary N) is 1. The normalized spacial score (nSPS) is 14.1. The molecule has 0 radical (unpaired) electrons. The predicted octanol–water partition coefficient (Wildman–Crippen LogP) is 5.62. The number of benzene rings is 3. The number of hydrogen-bond donors (Lipinski definition) is 3. The number of nitrogens with one attached hydrogen (secondary N) is 2. The van der Waals surface area contributed by atoms with Crippen LogP contribution in [0.5, 0.6) is 5.75 Å². The summed E-state index contributed by atoms with van der Waals surface area (Å²) in [6, 6.07) is 13.7. The van der Waals surface area contributed by atoms with Gasteiger partial charge in [0.2, 0.25) is 23.3 Å². The van der Waals surface area contributed by atoms with Crippen LogP contribution in [0.15, 0.2) is 69.0 Å². The van der Waals surface area contributed by atoms with Gasteiger partial charge >= 0.3 is 5.97 Å². The monoisotopic (exact) mass is 1210 g/mol. The maximum absolute atomic E-state index is 13.6. The number of carbonyl (C=O) groups is 2. The first-order valence-corrected chi connectivity index (χ1v) is 29.5. The van der Waals surface area contributed by atoms with Gasteiger partial charge in [-0.05, 0) is 48.2 Å². The number of aliphatic imine (C=N–C) groups is 2. The minimum absolute atomic E-state index is 0.00178. The second kappa shape index (κ2) is 40.8. The number of nitrogens with zero attached hydrogens (tertiary/aromatic N) is 4. The minimum atomic E-state index is -1.80. The molecule has 468 valence electrons. The Morgan fingerprint density at radius 3 is 1.65 bits per heavy atom. The van der Waals surface area contributed by atoms with Crippen molar-refractivity contribution in [1.29, 1.82) is 0 Å². The van der Waals surface area contributed by atoms with Crippen molar-refractivity contribution >= 4 is 46.4 Å². The van der Waals surface area contributed by atoms with E-state index >= 15 is 0 Å². The predicted molar refractivity (Wildman–Crippen MR) is 308 cm³/mol. The topological polar surface area (TPSA) is 234 Å². The standard InChI is InChI=1S/C58H83F4N7O14S/c1-4-13-68(14-5-2)57(71)47-35-46-10-9-45(37-51(46)67-52(63)38-47)44-7-6-8-48(36-44)84(72)69-41-43(42-69)40-66-58(64-3)65-12-16-74-18-20-76-22-24-78-26-28-80-30-32-82-34-33-81-31-29-79-27-25-77-23-21-75-19-17-73-15-11-53(70)83-56-54(61)49(59)39-50(60)55(56)62/h6-10,35-37,39,43H,4-5,11-34,38,40-42H2,1-3H3,(H2,63,67)(H2,64,65,66). The maximum atomic E-state index is 13.6. The van der Waals surface area contributed by atoms with Crippen LogP contribution in [-0.4, -0.2) is 216 Å². The van der Waals surface area contributed by atoms with E-state index in [1.54, 1.807) is 7.05 Å². The highest BCUT2D eigenvalue weighted by Gasteiger charge is 2.32. The van der Waals surface area contributed by atoms with Crippen molar-refractivity contribution in [3.05, 3.63) is 82.9 Å². The molecule has 1 unspecified atom stereocenters. The SMILES string of the molecule is CCCN(CCC)C(=O)C1=Cc2ccc(-c3cccc(S(=O)N4CC(CNC(=NC)NCCOCCOCCOCCOCCOCCOCCOCCOCCOCCOCCC(=O)Oc5c(F)c(F)cc(F)c5F)C4)c3)cc2N=C(N)C1. The van der Waals surface area contributed by atoms with Crippen molar-refractivity contribution in [2.24, 2.45) is 21.6 Å². The molecule has 26 heteroatoms. The van der Waals surface area contributed by atoms with Crippen LogP contribution >= 0.6 is 0 Å². The minimum Gasteiger partial charge on any atom is -0.420 e. The summed E-state index contributed by atoms with van der Waals surface area (Å²) in [5.74, 6) is -8.14. The number of guanidine groups is 1. The van der Waals surface area contributed by atoms with E-state index in [9.17, 15) is 31.4 Å². The van der Waals surface area contributed by atoms with E-state index in [1.807, 2.05) is 57.7 Å². The molecule has 1 amide bonds. The van der Waals surface area contributed by atoms with Crippen LogP contribution in [0.4, 0.5) is 23.2 Å². The zero-order valence-electron chi connectivity index (χ0n) is 48.5. The number of halogens is 4. The van der Waals surface area contributed by atoms with Gasteiger partial charge in [0.1, 0.15) is 16.8 Å². The first kappa shape index (κ1) is 69.3. The first-order chi connectivity index (χ1) is 40.9. The number of hydrogen-bond acceptors (Lipinski definition) is 17. The molecule has 4 N–H and O–H groups in total. The van der Waals surface area contributed by atoms with Gasteiger partial charge in [-0.15, -0.1) is 0 Å². The van der Waals surface area contributed by atoms with Crippen molar-refractivity contribution in [2.45, 2.75) is 44.4 Å². The molecule has 2 aliphatic heterocycles. The maximum Gasteiger partial charge on any atom is 0.313 e. The molecule has 2 aliphatic rings. The highest BCUT2D eigenvalue weighted by molar-refractivity contribution is 7.82. The molecule has 5 rings (SSSR count). The molecule has 3 aromatic rings. The number of ether oxygens (including phenoxy) is 11. The van der Waals surface area contributed by atoms with Gasteiger partial charge in [-0.3, -0.25) is 14.6 Å². The summed E-state index contributed by atoms with van der Waals surface area (Å²) in [6.07, 6.45) is 3.57. The Morgan fingerprint density at radius 2 is 1.15 bits per heavy atom. The van der Waals surface area contributed by atoms with Crippen molar-refractivity contribution in [1.82, 2.24) is 19.8 Å². The molecule has 0 bridgehead atoms. The number of esters is 1. The lowest BCUT2D eigenvalue weighted by Crippen LogP contribution is -2.53. The van der Waals surface area contributed by atoms with Gasteiger partial charge < -0.3 is 73.4 Å². The van der Waals surface area contributed by atoms with E-state index in [1.165, 1.54) is 0 Å². The Balaban J connectivity index is 0.749. The van der Waals surface area contributed by atoms with Crippen LogP contribution in [0, 0.1) is 29.2 Å². The van der Waals surface area contributed by atoms with Gasteiger partial charge in [-0.2, -0.15) is 8.78 Å². The highest BCUT2D eigenvalue weighted by atomic mass is 32.2. The summed E-state index contributed by atoms with van der Waals surface area (Å²) < 4.78 is 128. The van der Waals surface area contributed by atoms with Crippen molar-refractivity contribution in [3.8, 4) is 16.9 Å². The van der Waals surface area contributed by atoms with E-state index in [0.717, 1.165) is 34.4 Å². The van der Waals surface area contributed by atoms with Crippen molar-refractivity contribution in [2.75, 3.05) is 178 Å². The van der Waals surface area contributed by atoms with Crippen LogP contribution in [0.25, 0.3) is 17.2 Å². The molecule has 1 saturated heterocycles. The van der Waals surface area contributed by atoms with E-state index in [-0.39, 0.29) is 38.4 Å². The molecule has 0 aromatic heterocycles. The van der Waals surface area contributed by atoms with E-state index in [0.29, 0.717) is 180 Å². The lowest BCUT2D eigenvalue weighted by atomic mass is 10.0. The van der Waals surface area contributed by atoms with Gasteiger partial charge in [0.15, 0.2) is 17.6 Å². The van der Waals surface area contributed by atoms with Gasteiger partial charge in [0.25, 0.3) is 0 Å². The highest BCUT2D eigenvalue weighted by Crippen LogP contribution is 2.34. The lowest BCUT2D eigenvalue weighted by molar-refractivity contribution is -0.136. The molecule has 1 fully saturated rings. The van der Waals surface area contributed by atoms with E-state index in [2.05, 4.69) is 39.2 Å². The second-order valence-corrected chi connectivity index (χ2v) is 20.5. The Morgan fingerprint density at radius 1 is 0.667 bits per heavy atom. The number of fused-ring (bicyclic) bond motifs is 1. The second-order valence-electron chi connectivity index (χ2n) is 19.0. The van der Waals surface area contributed by atoms with Crippen LogP contribution in [0.3, 0.4) is 0 Å². The van der Waals surface area contributed by atoms with E-state index < -0.39 is 52.4 Å². The number of rotatable bonds is 44. The molecular formula is C58H83F4N7O14S. The molecule has 84 heavy (non-hydrogen) atoms. The summed E-state index contributed by atoms with van der Waals surface area (Å²) in [6.45, 7) is 15.3. The van der Waals surface area contributed by atoms with Crippen LogP contribution in [-0.2, 0) is 67.9 Å². The summed E-state index contributed by atoms with van der Waals surface area (Å²) in [4.78, 5) is 36.8. The van der Waals surface area contributed by atoms with Crippen molar-refractivity contribution < 1.29 is 83.5 Å². The third-order valence-corrected chi connectivity index (χ3v) is 13.9. The average molecular weight is 1210 g/mol. The Hall–Kier alpha value is -5.49. The van der Waals surface area contributed by atoms with Crippen molar-refractivity contribution in [3.63, 3.8) is 0 Å². The number of amides is 1. The summed E-state index contributed by atoms with van der Waals surface area (Å²) in [5.41, 5.74) is 10.4. The molecule has 0 saturated carbocycles. The summed E-state index contributed by atoms with van der Waals surface area (Å²) >= 11 is 0. The zero-order chi connectivity index (χ0) is 60.2. The molecule has 3 aromatic carbocycles. The Bertz CT molecular complexity index is 2530. The lowest BCUT2D eigenvalue weighted by Gasteiger charge is -2.38. The Labute approximate surface area is 492 Å². The largest absolute Gasteiger partial charge is 0.420 e. The molecule has 1 atom stereocenters. The fourth-order valence-corrected chi connectivity index (χ4v) is 9.64. The fourth-order valence-electron chi connectivity index (χ4n) is 8.23. The van der Waals surface area contributed by atoms with Gasteiger partial charge in [-0.25, -0.2) is 22.3 Å². The van der Waals surface area contributed by atoms with Gasteiger partial charge in [0.05, 0.1) is 149 Å². The zero-order valence-corrected chi connectivity index (χ0v) is 49.3. The van der Waals surface area contributed by atoms with E-state index in [4.69, 9.17) is 53.1 Å². The first-order valence-electron chi connectivity index (χ1n) is 28.4. The van der Waals surface area contributed by atoms with Crippen LogP contribution in [0.1, 0.15) is 45.1 Å². The number of amidine groups is 1. The summed E-state index contributed by atoms with van der Waals surface area (Å²) in [5, 5.41) is 6.63. The average Bonchev–Trinajstić information content (AvgIpc) is 3.41. The quantitative estimate of drug-likeness (QED) is 0.0119. The molecule has 2 heterocycles. The molecular weight excluding hydrogens is 1130 g/mol. The molecule has 0 aliphatic carbocycles. The van der Waals surface area contributed by atoms with Gasteiger partial charge in [0, 0.05) is 75.9 Å². The smallest absolute Gasteiger partial charge is 0.313 e. The van der Waals surface area contributed by atoms with Gasteiger partial charge in [-0.1, -0.05) is 38.1 Å².